The number of fused-ring (bicyclic) bond motifs is 10. The Labute approximate surface area is 313 Å². The van der Waals surface area contributed by atoms with E-state index in [1.54, 1.807) is 0 Å². The van der Waals surface area contributed by atoms with Gasteiger partial charge in [0.1, 0.15) is 11.2 Å². The Hall–Kier alpha value is -6.39. The van der Waals surface area contributed by atoms with E-state index in [0.29, 0.717) is 17.6 Å². The Morgan fingerprint density at radius 1 is 0.574 bits per heavy atom. The molecular weight excluding hydrogens is 659 g/mol. The Balaban J connectivity index is 1.18. The summed E-state index contributed by atoms with van der Waals surface area (Å²) in [6.45, 7) is 2.30. The molecule has 4 nitrogen and oxygen atoms in total. The normalized spacial score (nSPS) is 15.7. The number of hydrogen-bond acceptors (Lipinski definition) is 4. The second kappa shape index (κ2) is 12.3. The van der Waals surface area contributed by atoms with Gasteiger partial charge in [0, 0.05) is 21.9 Å². The van der Waals surface area contributed by atoms with Gasteiger partial charge in [0.2, 0.25) is 0 Å². The summed E-state index contributed by atoms with van der Waals surface area (Å²) in [7, 11) is 0. The molecule has 0 aliphatic heterocycles. The second-order valence-corrected chi connectivity index (χ2v) is 15.0. The molecule has 0 radical (unpaired) electrons. The molecule has 0 bridgehead atoms. The van der Waals surface area contributed by atoms with E-state index in [-0.39, 0.29) is 0 Å². The lowest BCUT2D eigenvalue weighted by molar-refractivity contribution is 0.597. The van der Waals surface area contributed by atoms with Crippen molar-refractivity contribution in [2.24, 2.45) is 5.92 Å². The molecule has 0 spiro atoms. The van der Waals surface area contributed by atoms with Crippen LogP contribution in [0.3, 0.4) is 0 Å². The SMILES string of the molecule is CC1CCCC=C1c1nc(-c2ccc3ccccc3c2)nc(-c2cc(-c3ccc4c(c3)c3c(c5ccccc54)CCC=C3)cc3oc4ccccc4c23)n1. The van der Waals surface area contributed by atoms with E-state index in [1.807, 2.05) is 12.1 Å². The molecule has 258 valence electrons. The second-order valence-electron chi connectivity index (χ2n) is 15.0. The first-order valence-electron chi connectivity index (χ1n) is 19.2. The third-order valence-corrected chi connectivity index (χ3v) is 11.7. The summed E-state index contributed by atoms with van der Waals surface area (Å²) in [6, 6.07) is 43.5. The smallest absolute Gasteiger partial charge is 0.164 e. The molecule has 9 aromatic rings. The zero-order valence-electron chi connectivity index (χ0n) is 30.1. The first kappa shape index (κ1) is 31.2. The molecule has 2 aliphatic carbocycles. The molecule has 0 N–H and O–H groups in total. The van der Waals surface area contributed by atoms with Gasteiger partial charge in [-0.25, -0.2) is 15.0 Å². The zero-order valence-corrected chi connectivity index (χ0v) is 30.1. The van der Waals surface area contributed by atoms with Crippen LogP contribution in [0.15, 0.2) is 138 Å². The highest BCUT2D eigenvalue weighted by Crippen LogP contribution is 2.43. The number of hydrogen-bond donors (Lipinski definition) is 0. The monoisotopic (exact) mass is 695 g/mol. The van der Waals surface area contributed by atoms with Crippen molar-refractivity contribution < 1.29 is 4.42 Å². The average Bonchev–Trinajstić information content (AvgIpc) is 3.62. The van der Waals surface area contributed by atoms with Gasteiger partial charge in [-0.2, -0.15) is 0 Å². The van der Waals surface area contributed by atoms with Crippen LogP contribution in [-0.4, -0.2) is 15.0 Å². The van der Waals surface area contributed by atoms with Gasteiger partial charge in [-0.05, 0) is 128 Å². The summed E-state index contributed by atoms with van der Waals surface area (Å²) < 4.78 is 6.65. The van der Waals surface area contributed by atoms with Crippen LogP contribution in [0.1, 0.15) is 49.6 Å². The molecule has 0 amide bonds. The maximum Gasteiger partial charge on any atom is 0.164 e. The summed E-state index contributed by atoms with van der Waals surface area (Å²) in [5.74, 6) is 2.47. The highest BCUT2D eigenvalue weighted by molar-refractivity contribution is 6.15. The predicted octanol–water partition coefficient (Wildman–Crippen LogP) is 13.4. The molecule has 54 heavy (non-hydrogen) atoms. The van der Waals surface area contributed by atoms with Gasteiger partial charge in [-0.3, -0.25) is 0 Å². The molecule has 2 aliphatic rings. The molecule has 0 saturated carbocycles. The van der Waals surface area contributed by atoms with Crippen LogP contribution in [0.4, 0.5) is 0 Å². The van der Waals surface area contributed by atoms with E-state index < -0.39 is 0 Å². The summed E-state index contributed by atoms with van der Waals surface area (Å²) in [4.78, 5) is 15.9. The minimum atomic E-state index is 0.369. The topological polar surface area (TPSA) is 51.8 Å². The van der Waals surface area contributed by atoms with Crippen LogP contribution in [0.2, 0.25) is 0 Å². The van der Waals surface area contributed by atoms with Crippen molar-refractivity contribution in [3.05, 3.63) is 150 Å². The van der Waals surface area contributed by atoms with Crippen molar-refractivity contribution in [1.82, 2.24) is 15.0 Å². The number of allylic oxidation sites excluding steroid dienone is 3. The van der Waals surface area contributed by atoms with E-state index in [1.165, 1.54) is 50.1 Å². The van der Waals surface area contributed by atoms with Gasteiger partial charge in [-0.1, -0.05) is 116 Å². The first-order chi connectivity index (χ1) is 26.7. The number of benzene rings is 7. The van der Waals surface area contributed by atoms with Crippen molar-refractivity contribution in [2.45, 2.75) is 39.0 Å². The van der Waals surface area contributed by atoms with E-state index in [2.05, 4.69) is 134 Å². The molecule has 1 atom stereocenters. The van der Waals surface area contributed by atoms with Crippen molar-refractivity contribution >= 4 is 65.9 Å². The number of rotatable bonds is 4. The van der Waals surface area contributed by atoms with E-state index in [4.69, 9.17) is 19.4 Å². The number of aryl methyl sites for hydroxylation is 1. The molecule has 0 fully saturated rings. The van der Waals surface area contributed by atoms with Crippen LogP contribution in [0.5, 0.6) is 0 Å². The van der Waals surface area contributed by atoms with Crippen LogP contribution in [-0.2, 0) is 6.42 Å². The summed E-state index contributed by atoms with van der Waals surface area (Å²) >= 11 is 0. The lowest BCUT2D eigenvalue weighted by Crippen LogP contribution is -2.10. The third-order valence-electron chi connectivity index (χ3n) is 11.7. The Morgan fingerprint density at radius 2 is 1.33 bits per heavy atom. The summed E-state index contributed by atoms with van der Waals surface area (Å²) in [6.07, 6.45) is 12.4. The maximum atomic E-state index is 6.65. The highest BCUT2D eigenvalue weighted by atomic mass is 16.3. The minimum Gasteiger partial charge on any atom is -0.456 e. The summed E-state index contributed by atoms with van der Waals surface area (Å²) in [5, 5.41) is 9.66. The Bertz CT molecular complexity index is 3060. The minimum absolute atomic E-state index is 0.369. The lowest BCUT2D eigenvalue weighted by atomic mass is 9.85. The number of para-hydroxylation sites is 1. The Kier molecular flexibility index (Phi) is 7.13. The zero-order chi connectivity index (χ0) is 35.8. The third kappa shape index (κ3) is 5.01. The number of furan rings is 1. The fourth-order valence-corrected chi connectivity index (χ4v) is 8.99. The average molecular weight is 696 g/mol. The van der Waals surface area contributed by atoms with Crippen molar-refractivity contribution in [3.8, 4) is 33.9 Å². The van der Waals surface area contributed by atoms with E-state index in [9.17, 15) is 0 Å². The number of nitrogens with zero attached hydrogens (tertiary/aromatic N) is 3. The fraction of sp³-hybridized carbons (Fsp3) is 0.140. The molecular formula is C50H37N3O. The van der Waals surface area contributed by atoms with Crippen LogP contribution < -0.4 is 0 Å². The summed E-state index contributed by atoms with van der Waals surface area (Å²) in [5.41, 5.74) is 9.78. The fourth-order valence-electron chi connectivity index (χ4n) is 8.99. The van der Waals surface area contributed by atoms with Crippen molar-refractivity contribution in [1.29, 1.82) is 0 Å². The first-order valence-corrected chi connectivity index (χ1v) is 19.2. The van der Waals surface area contributed by atoms with Gasteiger partial charge < -0.3 is 4.42 Å². The van der Waals surface area contributed by atoms with E-state index in [0.717, 1.165) is 81.1 Å². The van der Waals surface area contributed by atoms with Gasteiger partial charge in [0.05, 0.1) is 0 Å². The van der Waals surface area contributed by atoms with Crippen LogP contribution >= 0.6 is 0 Å². The van der Waals surface area contributed by atoms with Gasteiger partial charge in [0.15, 0.2) is 17.5 Å². The molecule has 2 aromatic heterocycles. The quantitative estimate of drug-likeness (QED) is 0.172. The van der Waals surface area contributed by atoms with Crippen LogP contribution in [0.25, 0.3) is 99.8 Å². The standard InChI is InChI=1S/C50H37N3O/c1-30-12-2-5-15-36(30)49-51-48(34-23-22-31-13-3-4-14-32(31)26-34)52-50(53-49)44-28-35(29-46-47(44)42-20-10-11-21-45(42)54-46)33-24-25-41-39-18-7-6-16-37(39)38-17-8-9-19-40(38)43(41)27-33/h3-4,6-7,9-11,13-16,18-30H,2,5,8,12,17H2,1H3. The highest BCUT2D eigenvalue weighted by Gasteiger charge is 2.23. The largest absolute Gasteiger partial charge is 0.456 e. The lowest BCUT2D eigenvalue weighted by Gasteiger charge is -2.20. The Morgan fingerprint density at radius 3 is 2.24 bits per heavy atom. The van der Waals surface area contributed by atoms with Gasteiger partial charge >= 0.3 is 0 Å². The number of aromatic nitrogens is 3. The molecule has 1 unspecified atom stereocenters. The van der Waals surface area contributed by atoms with Crippen molar-refractivity contribution in [3.63, 3.8) is 0 Å². The van der Waals surface area contributed by atoms with E-state index >= 15 is 0 Å². The van der Waals surface area contributed by atoms with Crippen LogP contribution in [0, 0.1) is 5.92 Å². The molecule has 7 aromatic carbocycles. The molecule has 11 rings (SSSR count). The predicted molar refractivity (Wildman–Crippen MR) is 224 cm³/mol. The van der Waals surface area contributed by atoms with Crippen molar-refractivity contribution in [2.75, 3.05) is 0 Å². The van der Waals surface area contributed by atoms with Gasteiger partial charge in [-0.15, -0.1) is 0 Å². The maximum absolute atomic E-state index is 6.65. The molecule has 4 heteroatoms. The molecule has 0 saturated heterocycles. The molecule has 2 heterocycles. The van der Waals surface area contributed by atoms with Gasteiger partial charge in [0.25, 0.3) is 0 Å².